The summed E-state index contributed by atoms with van der Waals surface area (Å²) in [5.74, 6) is -0.271. The van der Waals surface area contributed by atoms with Crippen LogP contribution < -0.4 is 5.43 Å². The zero-order valence-electron chi connectivity index (χ0n) is 8.63. The molecule has 0 aromatic carbocycles. The van der Waals surface area contributed by atoms with Crippen LogP contribution in [0, 0.1) is 0 Å². The topological polar surface area (TPSA) is 54.4 Å². The zero-order valence-corrected chi connectivity index (χ0v) is 11.0. The van der Waals surface area contributed by atoms with Crippen molar-refractivity contribution >= 4 is 39.4 Å². The van der Waals surface area contributed by atoms with Crippen molar-refractivity contribution in [2.75, 3.05) is 0 Å². The van der Waals surface area contributed by atoms with Crippen LogP contribution in [0.15, 0.2) is 45.5 Å². The quantitative estimate of drug-likeness (QED) is 0.700. The lowest BCUT2D eigenvalue weighted by Crippen LogP contribution is -2.18. The third-order valence-corrected chi connectivity index (χ3v) is 3.36. The number of carbonyl (C=O) groups is 1. The van der Waals surface area contributed by atoms with Gasteiger partial charge >= 0.3 is 0 Å². The molecule has 0 unspecified atom stereocenters. The van der Waals surface area contributed by atoms with Gasteiger partial charge in [0, 0.05) is 21.7 Å². The van der Waals surface area contributed by atoms with Crippen molar-refractivity contribution in [2.24, 2.45) is 5.10 Å². The van der Waals surface area contributed by atoms with E-state index >= 15 is 0 Å². The Morgan fingerprint density at radius 3 is 3.12 bits per heavy atom. The zero-order chi connectivity index (χ0) is 12.1. The maximum Gasteiger partial charge on any atom is 0.272 e. The molecule has 2 rings (SSSR count). The van der Waals surface area contributed by atoms with Gasteiger partial charge in [-0.25, -0.2) is 5.43 Å². The van der Waals surface area contributed by atoms with Gasteiger partial charge in [0.05, 0.1) is 11.8 Å². The molecule has 0 aliphatic heterocycles. The molecule has 2 heterocycles. The maximum atomic E-state index is 11.7. The second-order valence-corrected chi connectivity index (χ2v) is 4.90. The number of hydrogen-bond donors (Lipinski definition) is 1. The number of rotatable bonds is 3. The van der Waals surface area contributed by atoms with Gasteiger partial charge < -0.3 is 0 Å². The van der Waals surface area contributed by atoms with E-state index < -0.39 is 0 Å². The van der Waals surface area contributed by atoms with Crippen LogP contribution in [-0.2, 0) is 0 Å². The van der Waals surface area contributed by atoms with E-state index in [1.807, 2.05) is 17.5 Å². The number of thiophene rings is 1. The lowest BCUT2D eigenvalue weighted by atomic mass is 10.2. The summed E-state index contributed by atoms with van der Waals surface area (Å²) in [4.78, 5) is 16.6. The van der Waals surface area contributed by atoms with Gasteiger partial charge in [0.25, 0.3) is 5.91 Å². The summed E-state index contributed by atoms with van der Waals surface area (Å²) in [6.07, 6.45) is 4.73. The molecule has 4 nitrogen and oxygen atoms in total. The van der Waals surface area contributed by atoms with Crippen molar-refractivity contribution in [1.82, 2.24) is 10.4 Å². The fourth-order valence-corrected chi connectivity index (χ4v) is 2.15. The van der Waals surface area contributed by atoms with E-state index in [4.69, 9.17) is 0 Å². The monoisotopic (exact) mass is 309 g/mol. The number of carbonyl (C=O) groups excluding carboxylic acids is 1. The minimum atomic E-state index is -0.271. The summed E-state index contributed by atoms with van der Waals surface area (Å²) in [6.45, 7) is 0. The van der Waals surface area contributed by atoms with Gasteiger partial charge in [-0.3, -0.25) is 9.78 Å². The van der Waals surface area contributed by atoms with Crippen LogP contribution in [0.25, 0.3) is 0 Å². The first-order chi connectivity index (χ1) is 8.27. The summed E-state index contributed by atoms with van der Waals surface area (Å²) in [5.41, 5.74) is 2.96. The van der Waals surface area contributed by atoms with Crippen molar-refractivity contribution in [3.63, 3.8) is 0 Å². The van der Waals surface area contributed by atoms with E-state index in [0.29, 0.717) is 10.0 Å². The third-order valence-electron chi connectivity index (χ3n) is 1.92. The Morgan fingerprint density at radius 1 is 1.53 bits per heavy atom. The number of hydrogen-bond acceptors (Lipinski definition) is 4. The van der Waals surface area contributed by atoms with Crippen molar-refractivity contribution in [1.29, 1.82) is 0 Å². The van der Waals surface area contributed by atoms with E-state index in [2.05, 4.69) is 31.4 Å². The molecule has 0 fully saturated rings. The molecular formula is C11H8BrN3OS. The van der Waals surface area contributed by atoms with E-state index in [0.717, 1.165) is 4.88 Å². The van der Waals surface area contributed by atoms with Crippen molar-refractivity contribution in [2.45, 2.75) is 0 Å². The molecule has 0 aliphatic rings. The highest BCUT2D eigenvalue weighted by Gasteiger charge is 2.07. The molecule has 6 heteroatoms. The SMILES string of the molecule is O=C(N/N=C/c1cccs1)c1ccncc1Br. The second kappa shape index (κ2) is 5.70. The molecule has 0 bridgehead atoms. The first kappa shape index (κ1) is 11.9. The van der Waals surface area contributed by atoms with Gasteiger partial charge in [0.15, 0.2) is 0 Å². The van der Waals surface area contributed by atoms with Crippen molar-refractivity contribution < 1.29 is 4.79 Å². The Labute approximate surface area is 111 Å². The van der Waals surface area contributed by atoms with E-state index in [1.54, 1.807) is 36.0 Å². The predicted molar refractivity (Wildman–Crippen MR) is 71.3 cm³/mol. The molecular weight excluding hydrogens is 302 g/mol. The number of pyridine rings is 1. The minimum Gasteiger partial charge on any atom is -0.267 e. The molecule has 1 N–H and O–H groups in total. The average molecular weight is 310 g/mol. The van der Waals surface area contributed by atoms with E-state index in [9.17, 15) is 4.79 Å². The standard InChI is InChI=1S/C11H8BrN3OS/c12-10-7-13-4-3-9(10)11(16)15-14-6-8-2-1-5-17-8/h1-7H,(H,15,16)/b14-6+. The number of nitrogens with zero attached hydrogens (tertiary/aromatic N) is 2. The molecule has 0 atom stereocenters. The number of hydrazone groups is 1. The summed E-state index contributed by atoms with van der Waals surface area (Å²) < 4.78 is 0.642. The highest BCUT2D eigenvalue weighted by atomic mass is 79.9. The molecule has 17 heavy (non-hydrogen) atoms. The van der Waals surface area contributed by atoms with Crippen molar-refractivity contribution in [3.05, 3.63) is 50.9 Å². The first-order valence-corrected chi connectivity index (χ1v) is 6.41. The molecule has 0 spiro atoms. The van der Waals surface area contributed by atoms with Crippen LogP contribution >= 0.6 is 27.3 Å². The number of aromatic nitrogens is 1. The lowest BCUT2D eigenvalue weighted by molar-refractivity contribution is 0.0954. The van der Waals surface area contributed by atoms with Crippen LogP contribution in [0.2, 0.25) is 0 Å². The second-order valence-electron chi connectivity index (χ2n) is 3.07. The van der Waals surface area contributed by atoms with Gasteiger partial charge in [-0.1, -0.05) is 6.07 Å². The van der Waals surface area contributed by atoms with E-state index in [1.165, 1.54) is 0 Å². The Bertz CT molecular complexity index is 539. The molecule has 0 aliphatic carbocycles. The fourth-order valence-electron chi connectivity index (χ4n) is 1.14. The number of nitrogens with one attached hydrogen (secondary N) is 1. The smallest absolute Gasteiger partial charge is 0.267 e. The van der Waals surface area contributed by atoms with Gasteiger partial charge in [0.1, 0.15) is 0 Å². The van der Waals surface area contributed by atoms with Gasteiger partial charge in [-0.15, -0.1) is 11.3 Å². The molecule has 0 saturated heterocycles. The van der Waals surface area contributed by atoms with Crippen molar-refractivity contribution in [3.8, 4) is 0 Å². The third kappa shape index (κ3) is 3.21. The first-order valence-electron chi connectivity index (χ1n) is 4.74. The van der Waals surface area contributed by atoms with Gasteiger partial charge in [0.2, 0.25) is 0 Å². The molecule has 0 saturated carbocycles. The maximum absolute atomic E-state index is 11.7. The Morgan fingerprint density at radius 2 is 2.41 bits per heavy atom. The van der Waals surface area contributed by atoms with Crippen LogP contribution in [0.1, 0.15) is 15.2 Å². The Hall–Kier alpha value is -1.53. The predicted octanol–water partition coefficient (Wildman–Crippen LogP) is 2.67. The van der Waals surface area contributed by atoms with Gasteiger partial charge in [-0.05, 0) is 33.4 Å². The van der Waals surface area contributed by atoms with Crippen LogP contribution in [0.3, 0.4) is 0 Å². The summed E-state index contributed by atoms with van der Waals surface area (Å²) in [5, 5.41) is 5.82. The normalized spacial score (nSPS) is 10.6. The van der Waals surface area contributed by atoms with Crippen LogP contribution in [-0.4, -0.2) is 17.1 Å². The van der Waals surface area contributed by atoms with E-state index in [-0.39, 0.29) is 5.91 Å². The largest absolute Gasteiger partial charge is 0.272 e. The molecule has 0 radical (unpaired) electrons. The van der Waals surface area contributed by atoms with Crippen LogP contribution in [0.5, 0.6) is 0 Å². The summed E-state index contributed by atoms with van der Waals surface area (Å²) >= 11 is 4.81. The number of amides is 1. The Balaban J connectivity index is 2.01. The minimum absolute atomic E-state index is 0.271. The van der Waals surface area contributed by atoms with Crippen LogP contribution in [0.4, 0.5) is 0 Å². The molecule has 2 aromatic heterocycles. The number of halogens is 1. The molecule has 2 aromatic rings. The summed E-state index contributed by atoms with van der Waals surface area (Å²) in [6, 6.07) is 5.47. The lowest BCUT2D eigenvalue weighted by Gasteiger charge is -2.00. The highest BCUT2D eigenvalue weighted by Crippen LogP contribution is 2.13. The fraction of sp³-hybridized carbons (Fsp3) is 0. The van der Waals surface area contributed by atoms with Gasteiger partial charge in [-0.2, -0.15) is 5.10 Å². The average Bonchev–Trinajstić information content (AvgIpc) is 2.82. The summed E-state index contributed by atoms with van der Waals surface area (Å²) in [7, 11) is 0. The highest BCUT2D eigenvalue weighted by molar-refractivity contribution is 9.10. The Kier molecular flexibility index (Phi) is 4.00. The molecule has 1 amide bonds. The molecule has 86 valence electrons.